The van der Waals surface area contributed by atoms with E-state index in [0.717, 1.165) is 70.0 Å². The molecule has 0 atom stereocenters. The molecular formula is C30H49N3O4S. The standard InChI is InChI=1S/C30H49N3O4S/c1-3-5-6-7-8-9-10-11-12-17-26(34)33-20-18-23(19-21-33)22-31-30(36)32-28-27(29(35)37-4-2)24-15-13-14-16-25(24)38-28/h23H,3-22H2,1-2H3,(H2,31,32,36). The summed E-state index contributed by atoms with van der Waals surface area (Å²) in [7, 11) is 0. The third kappa shape index (κ3) is 9.58. The number of rotatable bonds is 15. The average Bonchev–Trinajstić information content (AvgIpc) is 3.29. The fourth-order valence-corrected chi connectivity index (χ4v) is 6.86. The van der Waals surface area contributed by atoms with E-state index in [4.69, 9.17) is 4.74 Å². The van der Waals surface area contributed by atoms with Crippen LogP contribution in [0, 0.1) is 5.92 Å². The summed E-state index contributed by atoms with van der Waals surface area (Å²) in [5.74, 6) is 0.297. The minimum absolute atomic E-state index is 0.280. The number of esters is 1. The van der Waals surface area contributed by atoms with Gasteiger partial charge in [-0.25, -0.2) is 9.59 Å². The Morgan fingerprint density at radius 3 is 2.26 bits per heavy atom. The van der Waals surface area contributed by atoms with Crippen LogP contribution < -0.4 is 10.6 Å². The summed E-state index contributed by atoms with van der Waals surface area (Å²) in [5.41, 5.74) is 1.59. The van der Waals surface area contributed by atoms with E-state index in [1.54, 1.807) is 6.92 Å². The average molecular weight is 548 g/mol. The lowest BCUT2D eigenvalue weighted by atomic mass is 9.95. The second kappa shape index (κ2) is 16.8. The molecule has 7 nitrogen and oxygen atoms in total. The van der Waals surface area contributed by atoms with Gasteiger partial charge in [0.15, 0.2) is 0 Å². The number of carbonyl (C=O) groups excluding carboxylic acids is 3. The van der Waals surface area contributed by atoms with Crippen LogP contribution in [0.1, 0.15) is 125 Å². The molecule has 0 bridgehead atoms. The SMILES string of the molecule is CCCCCCCCCCCC(=O)N1CCC(CNC(=O)Nc2sc3c(c2C(=O)OCC)CCCC3)CC1. The molecule has 0 radical (unpaired) electrons. The fraction of sp³-hybridized carbons (Fsp3) is 0.767. The number of hydrogen-bond acceptors (Lipinski definition) is 5. The highest BCUT2D eigenvalue weighted by Crippen LogP contribution is 2.38. The highest BCUT2D eigenvalue weighted by atomic mass is 32.1. The number of aryl methyl sites for hydroxylation is 1. The van der Waals surface area contributed by atoms with Crippen molar-refractivity contribution in [3.8, 4) is 0 Å². The number of anilines is 1. The minimum atomic E-state index is -0.346. The van der Waals surface area contributed by atoms with Crippen LogP contribution in [0.15, 0.2) is 0 Å². The van der Waals surface area contributed by atoms with Crippen LogP contribution in [0.3, 0.4) is 0 Å². The van der Waals surface area contributed by atoms with Crippen molar-refractivity contribution in [3.63, 3.8) is 0 Å². The van der Waals surface area contributed by atoms with Crippen LogP contribution in [0.25, 0.3) is 0 Å². The van der Waals surface area contributed by atoms with E-state index in [1.165, 1.54) is 61.2 Å². The van der Waals surface area contributed by atoms with Gasteiger partial charge in [-0.3, -0.25) is 10.1 Å². The number of likely N-dealkylation sites (tertiary alicyclic amines) is 1. The predicted octanol–water partition coefficient (Wildman–Crippen LogP) is 7.08. The van der Waals surface area contributed by atoms with Gasteiger partial charge in [-0.15, -0.1) is 11.3 Å². The Kier molecular flexibility index (Phi) is 13.4. The molecule has 1 saturated heterocycles. The Morgan fingerprint density at radius 1 is 0.921 bits per heavy atom. The number of hydrogen-bond donors (Lipinski definition) is 2. The molecule has 2 heterocycles. The third-order valence-electron chi connectivity index (χ3n) is 7.89. The first-order valence-corrected chi connectivity index (χ1v) is 16.0. The number of nitrogens with one attached hydrogen (secondary N) is 2. The molecule has 214 valence electrons. The molecular weight excluding hydrogens is 498 g/mol. The van der Waals surface area contributed by atoms with E-state index in [9.17, 15) is 14.4 Å². The van der Waals surface area contributed by atoms with E-state index in [-0.39, 0.29) is 17.9 Å². The Labute approximate surface area is 233 Å². The lowest BCUT2D eigenvalue weighted by Gasteiger charge is -2.32. The monoisotopic (exact) mass is 547 g/mol. The van der Waals surface area contributed by atoms with Gasteiger partial charge in [-0.1, -0.05) is 58.3 Å². The van der Waals surface area contributed by atoms with Crippen molar-refractivity contribution in [2.75, 3.05) is 31.6 Å². The molecule has 2 N–H and O–H groups in total. The van der Waals surface area contributed by atoms with Gasteiger partial charge < -0.3 is 15.0 Å². The lowest BCUT2D eigenvalue weighted by molar-refractivity contribution is -0.132. The quantitative estimate of drug-likeness (QED) is 0.181. The van der Waals surface area contributed by atoms with E-state index >= 15 is 0 Å². The molecule has 0 spiro atoms. The summed E-state index contributed by atoms with van der Waals surface area (Å²) in [4.78, 5) is 41.1. The number of unbranched alkanes of at least 4 members (excludes halogenated alkanes) is 8. The van der Waals surface area contributed by atoms with Gasteiger partial charge in [-0.2, -0.15) is 0 Å². The zero-order valence-corrected chi connectivity index (χ0v) is 24.5. The molecule has 1 fully saturated rings. The molecule has 1 aliphatic carbocycles. The molecule has 1 aromatic rings. The Bertz CT molecular complexity index is 892. The van der Waals surface area contributed by atoms with Gasteiger partial charge in [0.1, 0.15) is 5.00 Å². The molecule has 1 aliphatic heterocycles. The topological polar surface area (TPSA) is 87.7 Å². The molecule has 3 rings (SSSR count). The maximum Gasteiger partial charge on any atom is 0.341 e. The summed E-state index contributed by atoms with van der Waals surface area (Å²) in [6, 6.07) is -0.280. The van der Waals surface area contributed by atoms with E-state index < -0.39 is 0 Å². The van der Waals surface area contributed by atoms with Gasteiger partial charge in [0, 0.05) is 30.9 Å². The van der Waals surface area contributed by atoms with Crippen molar-refractivity contribution in [2.24, 2.45) is 5.92 Å². The predicted molar refractivity (Wildman–Crippen MR) is 155 cm³/mol. The molecule has 2 aliphatic rings. The second-order valence-electron chi connectivity index (χ2n) is 10.9. The van der Waals surface area contributed by atoms with Crippen molar-refractivity contribution in [3.05, 3.63) is 16.0 Å². The van der Waals surface area contributed by atoms with Crippen LogP contribution >= 0.6 is 11.3 Å². The van der Waals surface area contributed by atoms with Crippen molar-refractivity contribution in [1.82, 2.24) is 10.2 Å². The van der Waals surface area contributed by atoms with Crippen LogP contribution in [-0.2, 0) is 22.4 Å². The third-order valence-corrected chi connectivity index (χ3v) is 9.10. The summed E-state index contributed by atoms with van der Waals surface area (Å²) < 4.78 is 5.28. The first-order valence-electron chi connectivity index (χ1n) is 15.2. The van der Waals surface area contributed by atoms with Crippen LogP contribution in [-0.4, -0.2) is 49.0 Å². The van der Waals surface area contributed by atoms with Crippen molar-refractivity contribution in [2.45, 2.75) is 117 Å². The highest BCUT2D eigenvalue weighted by Gasteiger charge is 2.28. The lowest BCUT2D eigenvalue weighted by Crippen LogP contribution is -2.42. The normalized spacial score (nSPS) is 15.7. The fourth-order valence-electron chi connectivity index (χ4n) is 5.59. The number of carbonyl (C=O) groups is 3. The Hall–Kier alpha value is -2.09. The summed E-state index contributed by atoms with van der Waals surface area (Å²) in [6.45, 7) is 6.48. The number of ether oxygens (including phenoxy) is 1. The van der Waals surface area contributed by atoms with Crippen LogP contribution in [0.2, 0.25) is 0 Å². The molecule has 38 heavy (non-hydrogen) atoms. The van der Waals surface area contributed by atoms with E-state index in [1.807, 2.05) is 4.90 Å². The molecule has 0 aromatic carbocycles. The summed E-state index contributed by atoms with van der Waals surface area (Å²) in [5, 5.41) is 6.52. The largest absolute Gasteiger partial charge is 0.462 e. The zero-order chi connectivity index (χ0) is 27.2. The molecule has 8 heteroatoms. The molecule has 0 unspecified atom stereocenters. The van der Waals surface area contributed by atoms with Crippen molar-refractivity contribution in [1.29, 1.82) is 0 Å². The zero-order valence-electron chi connectivity index (χ0n) is 23.7. The van der Waals surface area contributed by atoms with E-state index in [2.05, 4.69) is 17.6 Å². The maximum atomic E-state index is 12.7. The molecule has 0 saturated carbocycles. The number of fused-ring (bicyclic) bond motifs is 1. The number of thiophene rings is 1. The van der Waals surface area contributed by atoms with Gasteiger partial charge in [0.05, 0.1) is 12.2 Å². The van der Waals surface area contributed by atoms with Gasteiger partial charge >= 0.3 is 12.0 Å². The maximum absolute atomic E-state index is 12.7. The van der Waals surface area contributed by atoms with Gasteiger partial charge in [0.2, 0.25) is 5.91 Å². The Morgan fingerprint density at radius 2 is 1.58 bits per heavy atom. The molecule has 3 amide bonds. The van der Waals surface area contributed by atoms with Crippen molar-refractivity contribution >= 4 is 34.2 Å². The number of urea groups is 1. The number of piperidine rings is 1. The Balaban J connectivity index is 1.33. The van der Waals surface area contributed by atoms with Gasteiger partial charge in [0.25, 0.3) is 0 Å². The number of nitrogens with zero attached hydrogens (tertiary/aromatic N) is 1. The summed E-state index contributed by atoms with van der Waals surface area (Å²) >= 11 is 1.51. The van der Waals surface area contributed by atoms with Gasteiger partial charge in [-0.05, 0) is 63.4 Å². The second-order valence-corrected chi connectivity index (χ2v) is 12.0. The van der Waals surface area contributed by atoms with Crippen LogP contribution in [0.5, 0.6) is 0 Å². The minimum Gasteiger partial charge on any atom is -0.462 e. The first-order chi connectivity index (χ1) is 18.5. The first kappa shape index (κ1) is 30.5. The number of amides is 3. The van der Waals surface area contributed by atoms with Crippen LogP contribution in [0.4, 0.5) is 9.80 Å². The summed E-state index contributed by atoms with van der Waals surface area (Å²) in [6.07, 6.45) is 17.8. The smallest absolute Gasteiger partial charge is 0.341 e. The van der Waals surface area contributed by atoms with Crippen molar-refractivity contribution < 1.29 is 19.1 Å². The highest BCUT2D eigenvalue weighted by molar-refractivity contribution is 7.17. The van der Waals surface area contributed by atoms with E-state index in [0.29, 0.717) is 36.1 Å². The molecule has 1 aromatic heterocycles.